The fourth-order valence-electron chi connectivity index (χ4n) is 3.33. The second-order valence-electron chi connectivity index (χ2n) is 7.69. The van der Waals surface area contributed by atoms with Gasteiger partial charge in [-0.05, 0) is 42.7 Å². The van der Waals surface area contributed by atoms with Gasteiger partial charge in [0.2, 0.25) is 11.7 Å². The van der Waals surface area contributed by atoms with Crippen LogP contribution in [0.3, 0.4) is 0 Å². The largest absolute Gasteiger partial charge is 0.493 e. The van der Waals surface area contributed by atoms with Crippen LogP contribution in [0.5, 0.6) is 17.2 Å². The molecule has 32 heavy (non-hydrogen) atoms. The van der Waals surface area contributed by atoms with Crippen molar-refractivity contribution in [1.82, 2.24) is 10.1 Å². The van der Waals surface area contributed by atoms with E-state index in [1.165, 1.54) is 0 Å². The molecule has 0 radical (unpaired) electrons. The van der Waals surface area contributed by atoms with Gasteiger partial charge in [0.25, 0.3) is 5.89 Å². The molecule has 2 aromatic carbocycles. The summed E-state index contributed by atoms with van der Waals surface area (Å²) in [5, 5.41) is 7.04. The van der Waals surface area contributed by atoms with Crippen LogP contribution >= 0.6 is 0 Å². The lowest BCUT2D eigenvalue weighted by Crippen LogP contribution is -2.14. The highest BCUT2D eigenvalue weighted by atomic mass is 16.5. The van der Waals surface area contributed by atoms with Gasteiger partial charge in [0.15, 0.2) is 17.3 Å². The van der Waals surface area contributed by atoms with Crippen LogP contribution in [0, 0.1) is 6.92 Å². The lowest BCUT2D eigenvalue weighted by Gasteiger charge is -2.14. The number of nitrogens with one attached hydrogen (secondary N) is 1. The van der Waals surface area contributed by atoms with E-state index in [1.807, 2.05) is 51.1 Å². The molecule has 0 unspecified atom stereocenters. The number of hydrogen-bond acceptors (Lipinski definition) is 7. The van der Waals surface area contributed by atoms with E-state index in [4.69, 9.17) is 18.7 Å². The first kappa shape index (κ1) is 23.1. The van der Waals surface area contributed by atoms with Gasteiger partial charge in [0.1, 0.15) is 0 Å². The predicted molar refractivity (Wildman–Crippen MR) is 122 cm³/mol. The summed E-state index contributed by atoms with van der Waals surface area (Å²) in [6.07, 6.45) is 0.773. The molecule has 1 heterocycles. The summed E-state index contributed by atoms with van der Waals surface area (Å²) in [5.41, 5.74) is 3.18. The Morgan fingerprint density at radius 1 is 1.09 bits per heavy atom. The molecular weight excluding hydrogens is 410 g/mol. The molecule has 0 saturated heterocycles. The van der Waals surface area contributed by atoms with Crippen molar-refractivity contribution in [2.75, 3.05) is 26.6 Å². The number of anilines is 1. The Hall–Kier alpha value is -3.55. The summed E-state index contributed by atoms with van der Waals surface area (Å²) >= 11 is 0. The number of ether oxygens (including phenoxy) is 3. The first-order valence-corrected chi connectivity index (χ1v) is 10.4. The maximum absolute atomic E-state index is 12.8. The number of rotatable bonds is 9. The minimum atomic E-state index is -0.127. The fraction of sp³-hybridized carbons (Fsp3) is 0.375. The highest BCUT2D eigenvalue weighted by Gasteiger charge is 2.18. The minimum Gasteiger partial charge on any atom is -0.493 e. The van der Waals surface area contributed by atoms with Crippen molar-refractivity contribution in [2.24, 2.45) is 0 Å². The number of benzene rings is 2. The van der Waals surface area contributed by atoms with Gasteiger partial charge in [-0.2, -0.15) is 4.98 Å². The van der Waals surface area contributed by atoms with Crippen molar-refractivity contribution >= 4 is 11.6 Å². The average Bonchev–Trinajstić information content (AvgIpc) is 3.28. The Kier molecular flexibility index (Phi) is 7.35. The Bertz CT molecular complexity index is 1070. The predicted octanol–water partition coefficient (Wildman–Crippen LogP) is 4.77. The van der Waals surface area contributed by atoms with E-state index in [9.17, 15) is 4.79 Å². The normalized spacial score (nSPS) is 10.8. The van der Waals surface area contributed by atoms with Gasteiger partial charge in [-0.3, -0.25) is 4.79 Å². The monoisotopic (exact) mass is 439 g/mol. The van der Waals surface area contributed by atoms with E-state index in [-0.39, 0.29) is 18.2 Å². The van der Waals surface area contributed by atoms with Crippen molar-refractivity contribution in [1.29, 1.82) is 0 Å². The molecule has 1 aromatic heterocycles. The van der Waals surface area contributed by atoms with Gasteiger partial charge in [-0.1, -0.05) is 31.1 Å². The molecule has 0 aliphatic carbocycles. The van der Waals surface area contributed by atoms with Gasteiger partial charge < -0.3 is 24.1 Å². The molecule has 8 nitrogen and oxygen atoms in total. The van der Waals surface area contributed by atoms with Crippen LogP contribution in [0.4, 0.5) is 5.69 Å². The van der Waals surface area contributed by atoms with Gasteiger partial charge in [-0.25, -0.2) is 0 Å². The molecule has 0 bridgehead atoms. The summed E-state index contributed by atoms with van der Waals surface area (Å²) < 4.78 is 21.6. The Balaban J connectivity index is 1.77. The molecule has 0 atom stereocenters. The highest BCUT2D eigenvalue weighted by molar-refractivity contribution is 5.95. The van der Waals surface area contributed by atoms with Crippen LogP contribution in [0.2, 0.25) is 0 Å². The maximum Gasteiger partial charge on any atom is 0.260 e. The van der Waals surface area contributed by atoms with Crippen molar-refractivity contribution in [3.63, 3.8) is 0 Å². The standard InChI is InChI=1S/C24H29N3O5/c1-14(2)23-26-24(32-27-23)17-9-7-8-15(3)21(17)25-20(28)11-10-16-12-18(29-4)22(31-6)19(13-16)30-5/h7-9,12-14H,10-11H2,1-6H3,(H,25,28). The van der Waals surface area contributed by atoms with Gasteiger partial charge in [0.05, 0.1) is 32.6 Å². The summed E-state index contributed by atoms with van der Waals surface area (Å²) in [7, 11) is 4.69. The van der Waals surface area contributed by atoms with Crippen LogP contribution in [0.1, 0.15) is 43.1 Å². The number of para-hydroxylation sites is 1. The van der Waals surface area contributed by atoms with E-state index in [1.54, 1.807) is 21.3 Å². The van der Waals surface area contributed by atoms with Gasteiger partial charge in [0, 0.05) is 12.3 Å². The Morgan fingerprint density at radius 3 is 2.34 bits per heavy atom. The Morgan fingerprint density at radius 2 is 1.78 bits per heavy atom. The molecule has 0 fully saturated rings. The van der Waals surface area contributed by atoms with Crippen LogP contribution in [-0.2, 0) is 11.2 Å². The van der Waals surface area contributed by atoms with Crippen LogP contribution in [-0.4, -0.2) is 37.4 Å². The zero-order valence-electron chi connectivity index (χ0n) is 19.3. The van der Waals surface area contributed by atoms with E-state index >= 15 is 0 Å². The summed E-state index contributed by atoms with van der Waals surface area (Å²) in [4.78, 5) is 17.3. The molecule has 1 N–H and O–H groups in total. The minimum absolute atomic E-state index is 0.127. The van der Waals surface area contributed by atoms with Gasteiger partial charge >= 0.3 is 0 Å². The molecule has 8 heteroatoms. The summed E-state index contributed by atoms with van der Waals surface area (Å²) in [6, 6.07) is 9.38. The third kappa shape index (κ3) is 5.01. The quantitative estimate of drug-likeness (QED) is 0.513. The molecule has 0 aliphatic heterocycles. The number of aromatic nitrogens is 2. The SMILES string of the molecule is COc1cc(CCC(=O)Nc2c(C)cccc2-c2nc(C(C)C)no2)cc(OC)c1OC. The van der Waals surface area contributed by atoms with Crippen molar-refractivity contribution in [3.05, 3.63) is 47.3 Å². The molecule has 0 saturated carbocycles. The Labute approximate surface area is 187 Å². The number of nitrogens with zero attached hydrogens (tertiary/aromatic N) is 2. The van der Waals surface area contributed by atoms with Crippen LogP contribution in [0.15, 0.2) is 34.9 Å². The lowest BCUT2D eigenvalue weighted by atomic mass is 10.1. The zero-order chi connectivity index (χ0) is 23.3. The highest BCUT2D eigenvalue weighted by Crippen LogP contribution is 2.38. The molecule has 170 valence electrons. The molecule has 0 aliphatic rings. The zero-order valence-corrected chi connectivity index (χ0v) is 19.3. The summed E-state index contributed by atoms with van der Waals surface area (Å²) in [6.45, 7) is 5.92. The smallest absolute Gasteiger partial charge is 0.260 e. The lowest BCUT2D eigenvalue weighted by molar-refractivity contribution is -0.116. The van der Waals surface area contributed by atoms with E-state index in [0.717, 1.165) is 11.1 Å². The second-order valence-corrected chi connectivity index (χ2v) is 7.69. The second kappa shape index (κ2) is 10.2. The molecule has 0 spiro atoms. The van der Waals surface area contributed by atoms with Gasteiger partial charge in [-0.15, -0.1) is 0 Å². The third-order valence-electron chi connectivity index (χ3n) is 5.09. The van der Waals surface area contributed by atoms with Crippen molar-refractivity contribution in [2.45, 2.75) is 39.5 Å². The first-order valence-electron chi connectivity index (χ1n) is 10.4. The molecule has 3 rings (SSSR count). The molecular formula is C24H29N3O5. The van der Waals surface area contributed by atoms with Crippen LogP contribution in [0.25, 0.3) is 11.5 Å². The first-order chi connectivity index (χ1) is 15.4. The number of amides is 1. The molecule has 1 amide bonds. The number of hydrogen-bond donors (Lipinski definition) is 1. The van der Waals surface area contributed by atoms with E-state index in [0.29, 0.717) is 46.6 Å². The molecule has 3 aromatic rings. The topological polar surface area (TPSA) is 95.7 Å². The average molecular weight is 440 g/mol. The third-order valence-corrected chi connectivity index (χ3v) is 5.09. The summed E-state index contributed by atoms with van der Waals surface area (Å²) in [5.74, 6) is 2.67. The van der Waals surface area contributed by atoms with E-state index in [2.05, 4.69) is 15.5 Å². The maximum atomic E-state index is 12.8. The number of carbonyl (C=O) groups excluding carboxylic acids is 1. The number of methoxy groups -OCH3 is 3. The van der Waals surface area contributed by atoms with E-state index < -0.39 is 0 Å². The number of carbonyl (C=O) groups is 1. The van der Waals surface area contributed by atoms with Crippen molar-refractivity contribution in [3.8, 4) is 28.7 Å². The number of aryl methyl sites for hydroxylation is 2. The van der Waals surface area contributed by atoms with Crippen LogP contribution < -0.4 is 19.5 Å². The fourth-order valence-corrected chi connectivity index (χ4v) is 3.33. The van der Waals surface area contributed by atoms with Crippen molar-refractivity contribution < 1.29 is 23.5 Å².